The molecular formula is C39H52N8O6S. The number of nitrogens with zero attached hydrogens (tertiary/aromatic N) is 6. The Labute approximate surface area is 321 Å². The number of aromatic carboxylic acids is 1. The largest absolute Gasteiger partial charge is 0.478 e. The van der Waals surface area contributed by atoms with Crippen molar-refractivity contribution in [2.24, 2.45) is 0 Å². The molecule has 14 nitrogen and oxygen atoms in total. The lowest BCUT2D eigenvalue weighted by molar-refractivity contribution is 0.0345. The van der Waals surface area contributed by atoms with Crippen LogP contribution in [-0.2, 0) is 9.47 Å². The van der Waals surface area contributed by atoms with Crippen molar-refractivity contribution in [1.29, 1.82) is 0 Å². The van der Waals surface area contributed by atoms with Crippen LogP contribution in [0.1, 0.15) is 89.4 Å². The Kier molecular flexibility index (Phi) is 14.3. The molecule has 2 aromatic heterocycles. The maximum Gasteiger partial charge on any atom is 0.408 e. The van der Waals surface area contributed by atoms with Crippen molar-refractivity contribution < 1.29 is 29.3 Å². The summed E-state index contributed by atoms with van der Waals surface area (Å²) in [6.45, 7) is 9.68. The first-order valence-corrected chi connectivity index (χ1v) is 19.3. The molecule has 4 N–H and O–H groups in total. The van der Waals surface area contributed by atoms with Crippen LogP contribution in [0.5, 0.6) is 0 Å². The lowest BCUT2D eigenvalue weighted by atomic mass is 10.0. The Hall–Kier alpha value is -4.73. The van der Waals surface area contributed by atoms with Crippen molar-refractivity contribution in [2.75, 3.05) is 34.8 Å². The molecule has 5 rings (SSSR count). The van der Waals surface area contributed by atoms with Gasteiger partial charge in [-0.05, 0) is 90.2 Å². The number of anilines is 3. The van der Waals surface area contributed by atoms with E-state index in [4.69, 9.17) is 14.6 Å². The van der Waals surface area contributed by atoms with Gasteiger partial charge in [0, 0.05) is 55.1 Å². The second-order valence-corrected chi connectivity index (χ2v) is 15.7. The number of aliphatic hydroxyl groups excluding tert-OH is 1. The monoisotopic (exact) mass is 760 g/mol. The SMILES string of the molecule is CC1(NC(=O)OC(C)(C)C)C=CN(c2cnc(Sc3cccc(NC(O)CCCCCCCOC4CCN(c5ncc(C(=O)O)cn5)CC4)c3)cn2)C=C1. The van der Waals surface area contributed by atoms with E-state index in [1.165, 1.54) is 24.2 Å². The minimum absolute atomic E-state index is 0.0887. The van der Waals surface area contributed by atoms with Gasteiger partial charge in [-0.1, -0.05) is 37.1 Å². The van der Waals surface area contributed by atoms with Crippen molar-refractivity contribution in [3.63, 3.8) is 0 Å². The molecule has 1 saturated heterocycles. The summed E-state index contributed by atoms with van der Waals surface area (Å²) in [7, 11) is 0. The number of aliphatic hydroxyl groups is 1. The Morgan fingerprint density at radius 2 is 1.69 bits per heavy atom. The third-order valence-corrected chi connectivity index (χ3v) is 9.70. The number of hydrogen-bond donors (Lipinski definition) is 4. The first-order chi connectivity index (χ1) is 25.8. The van der Waals surface area contributed by atoms with E-state index < -0.39 is 29.4 Å². The van der Waals surface area contributed by atoms with E-state index in [1.54, 1.807) is 12.4 Å². The van der Waals surface area contributed by atoms with E-state index >= 15 is 0 Å². The van der Waals surface area contributed by atoms with Gasteiger partial charge in [-0.25, -0.2) is 29.5 Å². The van der Waals surface area contributed by atoms with E-state index in [1.807, 2.05) is 81.4 Å². The summed E-state index contributed by atoms with van der Waals surface area (Å²) in [5.41, 5.74) is -0.334. The van der Waals surface area contributed by atoms with Crippen molar-refractivity contribution in [1.82, 2.24) is 25.3 Å². The maximum absolute atomic E-state index is 12.2. The highest BCUT2D eigenvalue weighted by Crippen LogP contribution is 2.29. The number of carboxylic acids is 1. The predicted octanol–water partition coefficient (Wildman–Crippen LogP) is 7.00. The number of amides is 1. The number of aromatic nitrogens is 4. The summed E-state index contributed by atoms with van der Waals surface area (Å²) >= 11 is 1.49. The second kappa shape index (κ2) is 19.0. The number of nitrogens with one attached hydrogen (secondary N) is 2. The number of rotatable bonds is 17. The van der Waals surface area contributed by atoms with Crippen LogP contribution in [0.3, 0.4) is 0 Å². The number of hydrogen-bond acceptors (Lipinski definition) is 13. The van der Waals surface area contributed by atoms with Crippen molar-refractivity contribution >= 4 is 41.3 Å². The topological polar surface area (TPSA) is 175 Å². The molecule has 0 spiro atoms. The Morgan fingerprint density at radius 1 is 0.981 bits per heavy atom. The highest BCUT2D eigenvalue weighted by Gasteiger charge is 2.27. The molecule has 2 aliphatic rings. The molecule has 1 aromatic carbocycles. The van der Waals surface area contributed by atoms with E-state index in [2.05, 4.69) is 35.5 Å². The number of unbranched alkanes of at least 4 members (excludes halogenated alkanes) is 4. The summed E-state index contributed by atoms with van der Waals surface area (Å²) < 4.78 is 11.5. The van der Waals surface area contributed by atoms with Gasteiger partial charge in [0.15, 0.2) is 5.82 Å². The molecule has 54 heavy (non-hydrogen) atoms. The molecule has 1 unspecified atom stereocenters. The molecule has 2 aliphatic heterocycles. The number of carbonyl (C=O) groups is 2. The molecular weight excluding hydrogens is 709 g/mol. The fourth-order valence-electron chi connectivity index (χ4n) is 5.90. The van der Waals surface area contributed by atoms with Crippen LogP contribution in [0.25, 0.3) is 0 Å². The number of piperidine rings is 1. The normalized spacial score (nSPS) is 16.2. The Bertz CT molecular complexity index is 1710. The zero-order valence-corrected chi connectivity index (χ0v) is 32.3. The zero-order chi connectivity index (χ0) is 38.6. The molecule has 0 bridgehead atoms. The van der Waals surface area contributed by atoms with E-state index in [0.29, 0.717) is 18.2 Å². The van der Waals surface area contributed by atoms with Gasteiger partial charge < -0.3 is 40.1 Å². The Balaban J connectivity index is 0.932. The van der Waals surface area contributed by atoms with Gasteiger partial charge in [0.05, 0.1) is 29.6 Å². The first kappa shape index (κ1) is 40.5. The van der Waals surface area contributed by atoms with Crippen molar-refractivity contribution in [2.45, 2.75) is 112 Å². The smallest absolute Gasteiger partial charge is 0.408 e. The minimum atomic E-state index is -1.03. The predicted molar refractivity (Wildman–Crippen MR) is 209 cm³/mol. The molecule has 1 amide bonds. The van der Waals surface area contributed by atoms with Crippen molar-refractivity contribution in [3.05, 3.63) is 79.2 Å². The molecule has 0 saturated carbocycles. The molecule has 290 valence electrons. The van der Waals surface area contributed by atoms with Gasteiger partial charge in [-0.2, -0.15) is 0 Å². The number of benzene rings is 1. The highest BCUT2D eigenvalue weighted by molar-refractivity contribution is 7.99. The second-order valence-electron chi connectivity index (χ2n) is 14.6. The summed E-state index contributed by atoms with van der Waals surface area (Å²) in [4.78, 5) is 45.7. The molecule has 4 heterocycles. The van der Waals surface area contributed by atoms with Crippen LogP contribution in [0.4, 0.5) is 22.2 Å². The van der Waals surface area contributed by atoms with E-state index in [-0.39, 0.29) is 11.7 Å². The fourth-order valence-corrected chi connectivity index (χ4v) is 6.69. The molecule has 1 atom stereocenters. The molecule has 1 fully saturated rings. The third kappa shape index (κ3) is 13.0. The quantitative estimate of drug-likeness (QED) is 0.0817. The van der Waals surface area contributed by atoms with Crippen LogP contribution < -0.4 is 20.4 Å². The standard InChI is InChI=1S/C39H52N8O6S/c1-38(2,3)53-37(51)45-39(4)16-20-46(21-17-39)32-26-41-34(27-40-32)54-31-12-10-11-29(23-31)44-33(48)13-8-6-5-7-9-22-52-30-14-18-47(19-15-30)36-42-24-28(25-43-36)35(49)50/h10-12,16-17,20-21,23-27,30,33,44,48H,5-9,13-15,18-19,22H2,1-4H3,(H,45,51)(H,49,50). The maximum atomic E-state index is 12.2. The summed E-state index contributed by atoms with van der Waals surface area (Å²) in [5.74, 6) is 0.181. The summed E-state index contributed by atoms with van der Waals surface area (Å²) in [5, 5.41) is 26.5. The van der Waals surface area contributed by atoms with Crippen LogP contribution in [0.15, 0.2) is 83.5 Å². The number of carboxylic acid groups (broad SMARTS) is 1. The van der Waals surface area contributed by atoms with Crippen LogP contribution in [-0.4, -0.2) is 85.4 Å². The van der Waals surface area contributed by atoms with Gasteiger partial charge in [0.2, 0.25) is 5.95 Å². The van der Waals surface area contributed by atoms with E-state index in [9.17, 15) is 14.7 Å². The van der Waals surface area contributed by atoms with Gasteiger partial charge in [0.1, 0.15) is 16.9 Å². The van der Waals surface area contributed by atoms with Gasteiger partial charge in [0.25, 0.3) is 0 Å². The number of ether oxygens (including phenoxy) is 2. The number of carbonyl (C=O) groups excluding carboxylic acids is 1. The lowest BCUT2D eigenvalue weighted by Gasteiger charge is -2.31. The van der Waals surface area contributed by atoms with Gasteiger partial charge in [-0.3, -0.25) is 0 Å². The average Bonchev–Trinajstić information content (AvgIpc) is 3.13. The molecule has 3 aromatic rings. The highest BCUT2D eigenvalue weighted by atomic mass is 32.2. The molecule has 15 heteroatoms. The fraction of sp³-hybridized carbons (Fsp3) is 0.487. The van der Waals surface area contributed by atoms with E-state index in [0.717, 1.165) is 80.3 Å². The molecule has 0 aliphatic carbocycles. The number of alkyl carbamates (subject to hydrolysis) is 1. The summed E-state index contributed by atoms with van der Waals surface area (Å²) in [6.07, 6.45) is 20.3. The zero-order valence-electron chi connectivity index (χ0n) is 31.5. The lowest BCUT2D eigenvalue weighted by Crippen LogP contribution is -2.46. The third-order valence-electron chi connectivity index (χ3n) is 8.79. The van der Waals surface area contributed by atoms with Gasteiger partial charge in [-0.15, -0.1) is 0 Å². The van der Waals surface area contributed by atoms with Gasteiger partial charge >= 0.3 is 12.1 Å². The van der Waals surface area contributed by atoms with Crippen LogP contribution in [0, 0.1) is 0 Å². The Morgan fingerprint density at radius 3 is 2.35 bits per heavy atom. The van der Waals surface area contributed by atoms with Crippen molar-refractivity contribution in [3.8, 4) is 0 Å². The summed E-state index contributed by atoms with van der Waals surface area (Å²) in [6, 6.07) is 7.89. The average molecular weight is 761 g/mol. The van der Waals surface area contributed by atoms with Crippen LogP contribution in [0.2, 0.25) is 0 Å². The first-order valence-electron chi connectivity index (χ1n) is 18.5. The van der Waals surface area contributed by atoms with Crippen LogP contribution >= 0.6 is 11.8 Å². The molecule has 0 radical (unpaired) electrons. The minimum Gasteiger partial charge on any atom is -0.478 e.